The molecule has 2 atom stereocenters. The number of hydrogen-bond acceptors (Lipinski definition) is 5. The third kappa shape index (κ3) is 4.56. The maximum absolute atomic E-state index is 13.7. The Bertz CT molecular complexity index is 444. The predicted molar refractivity (Wildman–Crippen MR) is 82.9 cm³/mol. The topological polar surface area (TPSA) is 59.1 Å². The van der Waals surface area contributed by atoms with Crippen LogP contribution >= 0.6 is 0 Å². The standard InChI is InChI=1S/C16H27FN2O4/c1-16(2,3)23-15(21)18-7-5-12(6-8-18)19-10-11(17)9-13(19)14(20)22-4/h11-13H,5-10H2,1-4H3/t11-,13+/m0/s1. The molecule has 132 valence electrons. The molecular formula is C16H27FN2O4. The fraction of sp³-hybridized carbons (Fsp3) is 0.875. The minimum Gasteiger partial charge on any atom is -0.468 e. The molecule has 2 aliphatic heterocycles. The molecular weight excluding hydrogens is 303 g/mol. The van der Waals surface area contributed by atoms with E-state index in [2.05, 4.69) is 0 Å². The number of carbonyl (C=O) groups excluding carboxylic acids is 2. The van der Waals surface area contributed by atoms with Crippen LogP contribution in [-0.2, 0) is 14.3 Å². The van der Waals surface area contributed by atoms with Crippen molar-refractivity contribution in [2.75, 3.05) is 26.7 Å². The van der Waals surface area contributed by atoms with Crippen molar-refractivity contribution >= 4 is 12.1 Å². The van der Waals surface area contributed by atoms with Gasteiger partial charge < -0.3 is 14.4 Å². The Balaban J connectivity index is 1.91. The van der Waals surface area contributed by atoms with E-state index in [9.17, 15) is 14.0 Å². The Hall–Kier alpha value is -1.37. The molecule has 0 spiro atoms. The lowest BCUT2D eigenvalue weighted by atomic mass is 10.0. The fourth-order valence-electron chi connectivity index (χ4n) is 3.29. The van der Waals surface area contributed by atoms with Crippen molar-refractivity contribution in [2.45, 2.75) is 63.9 Å². The average Bonchev–Trinajstić information content (AvgIpc) is 2.87. The molecule has 2 fully saturated rings. The highest BCUT2D eigenvalue weighted by Gasteiger charge is 2.42. The first-order chi connectivity index (χ1) is 10.7. The molecule has 0 bridgehead atoms. The van der Waals surface area contributed by atoms with Crippen LogP contribution in [0.2, 0.25) is 0 Å². The van der Waals surface area contributed by atoms with E-state index in [1.165, 1.54) is 7.11 Å². The maximum Gasteiger partial charge on any atom is 0.410 e. The number of hydrogen-bond donors (Lipinski definition) is 0. The molecule has 1 amide bonds. The summed E-state index contributed by atoms with van der Waals surface area (Å²) in [7, 11) is 1.33. The van der Waals surface area contributed by atoms with Gasteiger partial charge in [-0.1, -0.05) is 0 Å². The summed E-state index contributed by atoms with van der Waals surface area (Å²) in [6, 6.07) is -0.411. The number of methoxy groups -OCH3 is 1. The Kier molecular flexibility index (Phi) is 5.49. The molecule has 2 saturated heterocycles. The van der Waals surface area contributed by atoms with E-state index < -0.39 is 17.8 Å². The smallest absolute Gasteiger partial charge is 0.410 e. The molecule has 0 aliphatic carbocycles. The second kappa shape index (κ2) is 7.03. The summed E-state index contributed by atoms with van der Waals surface area (Å²) in [6.45, 7) is 6.89. The monoisotopic (exact) mass is 330 g/mol. The van der Waals surface area contributed by atoms with Gasteiger partial charge in [0, 0.05) is 32.1 Å². The molecule has 0 aromatic carbocycles. The Morgan fingerprint density at radius 3 is 2.30 bits per heavy atom. The molecule has 0 aromatic heterocycles. The van der Waals surface area contributed by atoms with Crippen molar-refractivity contribution in [1.29, 1.82) is 0 Å². The number of piperidine rings is 1. The van der Waals surface area contributed by atoms with Crippen LogP contribution < -0.4 is 0 Å². The van der Waals surface area contributed by atoms with Crippen molar-refractivity contribution in [3.05, 3.63) is 0 Å². The fourth-order valence-corrected chi connectivity index (χ4v) is 3.29. The summed E-state index contributed by atoms with van der Waals surface area (Å²) in [5.74, 6) is -0.375. The second-order valence-corrected chi connectivity index (χ2v) is 7.27. The van der Waals surface area contributed by atoms with Crippen molar-refractivity contribution in [1.82, 2.24) is 9.80 Å². The van der Waals surface area contributed by atoms with Crippen LogP contribution in [-0.4, -0.2) is 72.5 Å². The van der Waals surface area contributed by atoms with E-state index in [1.54, 1.807) is 4.90 Å². The number of nitrogens with zero attached hydrogens (tertiary/aromatic N) is 2. The Morgan fingerprint density at radius 1 is 1.17 bits per heavy atom. The van der Waals surface area contributed by atoms with Gasteiger partial charge in [-0.15, -0.1) is 0 Å². The van der Waals surface area contributed by atoms with Crippen molar-refractivity contribution < 1.29 is 23.5 Å². The quantitative estimate of drug-likeness (QED) is 0.725. The molecule has 0 N–H and O–H groups in total. The van der Waals surface area contributed by atoms with Crippen LogP contribution in [0.15, 0.2) is 0 Å². The van der Waals surface area contributed by atoms with Gasteiger partial charge in [0.15, 0.2) is 0 Å². The predicted octanol–water partition coefficient (Wildman–Crippen LogP) is 1.97. The number of esters is 1. The van der Waals surface area contributed by atoms with Gasteiger partial charge in [0.05, 0.1) is 7.11 Å². The lowest BCUT2D eigenvalue weighted by Crippen LogP contribution is -2.51. The van der Waals surface area contributed by atoms with Gasteiger partial charge in [-0.3, -0.25) is 9.69 Å². The molecule has 2 heterocycles. The summed E-state index contributed by atoms with van der Waals surface area (Å²) in [5.41, 5.74) is -0.514. The molecule has 2 rings (SSSR count). The first kappa shape index (κ1) is 18.0. The number of halogens is 1. The third-order valence-corrected chi connectivity index (χ3v) is 4.35. The zero-order valence-corrected chi connectivity index (χ0v) is 14.4. The van der Waals surface area contributed by atoms with Crippen LogP contribution in [0.4, 0.5) is 9.18 Å². The van der Waals surface area contributed by atoms with Gasteiger partial charge in [0.1, 0.15) is 17.8 Å². The summed E-state index contributed by atoms with van der Waals surface area (Å²) < 4.78 is 23.9. The first-order valence-corrected chi connectivity index (χ1v) is 8.17. The summed E-state index contributed by atoms with van der Waals surface area (Å²) >= 11 is 0. The van der Waals surface area contributed by atoms with Crippen molar-refractivity contribution in [3.63, 3.8) is 0 Å². The van der Waals surface area contributed by atoms with Crippen molar-refractivity contribution in [3.8, 4) is 0 Å². The lowest BCUT2D eigenvalue weighted by molar-refractivity contribution is -0.147. The molecule has 0 unspecified atom stereocenters. The van der Waals surface area contributed by atoms with E-state index in [1.807, 2.05) is 25.7 Å². The van der Waals surface area contributed by atoms with Crippen LogP contribution in [0.3, 0.4) is 0 Å². The van der Waals surface area contributed by atoms with Crippen LogP contribution in [0.1, 0.15) is 40.0 Å². The maximum atomic E-state index is 13.7. The van der Waals surface area contributed by atoms with Crippen molar-refractivity contribution in [2.24, 2.45) is 0 Å². The van der Waals surface area contributed by atoms with Crippen LogP contribution in [0.5, 0.6) is 0 Å². The van der Waals surface area contributed by atoms with Gasteiger partial charge in [-0.25, -0.2) is 9.18 Å². The number of ether oxygens (including phenoxy) is 2. The molecule has 23 heavy (non-hydrogen) atoms. The minimum absolute atomic E-state index is 0.0959. The number of carbonyl (C=O) groups is 2. The van der Waals surface area contributed by atoms with E-state index >= 15 is 0 Å². The molecule has 0 radical (unpaired) electrons. The molecule has 7 heteroatoms. The lowest BCUT2D eigenvalue weighted by Gasteiger charge is -2.38. The van der Waals surface area contributed by atoms with E-state index in [4.69, 9.17) is 9.47 Å². The molecule has 0 saturated carbocycles. The Morgan fingerprint density at radius 2 is 1.78 bits per heavy atom. The third-order valence-electron chi connectivity index (χ3n) is 4.35. The highest BCUT2D eigenvalue weighted by atomic mass is 19.1. The number of likely N-dealkylation sites (tertiary alicyclic amines) is 2. The summed E-state index contributed by atoms with van der Waals surface area (Å²) in [5, 5.41) is 0. The Labute approximate surface area is 136 Å². The first-order valence-electron chi connectivity index (χ1n) is 8.17. The number of alkyl halides is 1. The van der Waals surface area contributed by atoms with Gasteiger partial charge >= 0.3 is 12.1 Å². The zero-order valence-electron chi connectivity index (χ0n) is 14.4. The largest absolute Gasteiger partial charge is 0.468 e. The van der Waals surface area contributed by atoms with Gasteiger partial charge in [-0.05, 0) is 33.6 Å². The number of amides is 1. The molecule has 6 nitrogen and oxygen atoms in total. The zero-order chi connectivity index (χ0) is 17.2. The molecule has 2 aliphatic rings. The van der Waals surface area contributed by atoms with Crippen LogP contribution in [0, 0.1) is 0 Å². The van der Waals surface area contributed by atoms with Gasteiger partial charge in [0.2, 0.25) is 0 Å². The normalized spacial score (nSPS) is 27.1. The van der Waals surface area contributed by atoms with Gasteiger partial charge in [0.25, 0.3) is 0 Å². The second-order valence-electron chi connectivity index (χ2n) is 7.27. The van der Waals surface area contributed by atoms with E-state index in [0.29, 0.717) is 25.9 Å². The van der Waals surface area contributed by atoms with Gasteiger partial charge in [-0.2, -0.15) is 0 Å². The van der Waals surface area contributed by atoms with E-state index in [-0.39, 0.29) is 31.1 Å². The van der Waals surface area contributed by atoms with E-state index in [0.717, 1.165) is 0 Å². The summed E-state index contributed by atoms with van der Waals surface area (Å²) in [4.78, 5) is 27.5. The molecule has 0 aromatic rings. The minimum atomic E-state index is -0.997. The highest BCUT2D eigenvalue weighted by Crippen LogP contribution is 2.28. The SMILES string of the molecule is COC(=O)[C@H]1C[C@H](F)CN1C1CCN(C(=O)OC(C)(C)C)CC1. The van der Waals surface area contributed by atoms with Crippen LogP contribution in [0.25, 0.3) is 0 Å². The summed E-state index contributed by atoms with van der Waals surface area (Å²) in [6.07, 6.45) is 0.297. The highest BCUT2D eigenvalue weighted by molar-refractivity contribution is 5.76. The average molecular weight is 330 g/mol. The number of rotatable bonds is 2.